The van der Waals surface area contributed by atoms with Crippen LogP contribution in [0.15, 0.2) is 109 Å². The highest BCUT2D eigenvalue weighted by atomic mass is 16.7. The van der Waals surface area contributed by atoms with E-state index >= 15 is 0 Å². The molecule has 0 radical (unpaired) electrons. The Labute approximate surface area is 447 Å². The number of nitrogens with zero attached hydrogens (tertiary/aromatic N) is 3. The fourth-order valence-electron chi connectivity index (χ4n) is 10.5. The Morgan fingerprint density at radius 1 is 0.842 bits per heavy atom. The summed E-state index contributed by atoms with van der Waals surface area (Å²) in [6, 6.07) is 26.0. The summed E-state index contributed by atoms with van der Waals surface area (Å²) in [5, 5.41) is 19.3. The van der Waals surface area contributed by atoms with Crippen molar-refractivity contribution in [3.8, 4) is 0 Å². The third kappa shape index (κ3) is 16.3. The second-order valence-corrected chi connectivity index (χ2v) is 19.9. The molecule has 2 N–H and O–H groups in total. The number of methoxy groups -OCH3 is 1. The molecule has 19 nitrogen and oxygen atoms in total. The molecular weight excluding hydrogens is 981 g/mol. The number of amides is 1. The lowest BCUT2D eigenvalue weighted by atomic mass is 9.81. The van der Waals surface area contributed by atoms with Crippen LogP contribution in [0.4, 0.5) is 4.79 Å². The minimum Gasteiger partial charge on any atom is -0.469 e. The molecule has 4 fully saturated rings. The molecule has 3 aromatic carbocycles. The summed E-state index contributed by atoms with van der Waals surface area (Å²) in [5.74, 6) is -2.27. The summed E-state index contributed by atoms with van der Waals surface area (Å²) in [6.45, 7) is 7.42. The van der Waals surface area contributed by atoms with E-state index in [0.717, 1.165) is 48.8 Å². The Bertz CT molecular complexity index is 2320. The summed E-state index contributed by atoms with van der Waals surface area (Å²) in [5.41, 5.74) is 12.7. The number of nitrogens with one attached hydrogen (secondary N) is 1. The number of esters is 2. The molecule has 2 heterocycles. The van der Waals surface area contributed by atoms with Gasteiger partial charge >= 0.3 is 18.0 Å². The first kappa shape index (κ1) is 56.8. The zero-order valence-electron chi connectivity index (χ0n) is 44.8. The van der Waals surface area contributed by atoms with Crippen LogP contribution in [0.1, 0.15) is 90.2 Å². The van der Waals surface area contributed by atoms with E-state index in [2.05, 4.69) is 21.9 Å². The zero-order chi connectivity index (χ0) is 54.5. The van der Waals surface area contributed by atoms with Gasteiger partial charge in [-0.25, -0.2) is 9.59 Å². The minimum absolute atomic E-state index is 0.00747. The van der Waals surface area contributed by atoms with Gasteiger partial charge < -0.3 is 62.5 Å². The Kier molecular flexibility index (Phi) is 22.3. The topological polar surface area (TPSA) is 234 Å². The summed E-state index contributed by atoms with van der Waals surface area (Å²) in [7, 11) is 1.25. The van der Waals surface area contributed by atoms with Crippen molar-refractivity contribution in [1.29, 1.82) is 0 Å². The van der Waals surface area contributed by atoms with E-state index in [-0.39, 0.29) is 77.6 Å². The van der Waals surface area contributed by atoms with Crippen molar-refractivity contribution < 1.29 is 73.0 Å². The number of alkyl carbamates (subject to hydrolysis) is 1. The average Bonchev–Trinajstić information content (AvgIpc) is 3.45. The van der Waals surface area contributed by atoms with Gasteiger partial charge in [0, 0.05) is 18.8 Å². The molecule has 414 valence electrons. The van der Waals surface area contributed by atoms with Gasteiger partial charge in [0.1, 0.15) is 43.7 Å². The van der Waals surface area contributed by atoms with Crippen LogP contribution >= 0.6 is 0 Å². The van der Waals surface area contributed by atoms with Crippen LogP contribution in [-0.4, -0.2) is 130 Å². The van der Waals surface area contributed by atoms with Crippen molar-refractivity contribution >= 4 is 18.0 Å². The molecule has 2 saturated heterocycles. The lowest BCUT2D eigenvalue weighted by Crippen LogP contribution is -2.67. The first-order chi connectivity index (χ1) is 37.5. The average molecular weight is 1060 g/mol. The van der Waals surface area contributed by atoms with Gasteiger partial charge in [0.2, 0.25) is 0 Å². The second kappa shape index (κ2) is 29.9. The van der Waals surface area contributed by atoms with Crippen LogP contribution in [0.25, 0.3) is 10.4 Å². The lowest BCUT2D eigenvalue weighted by molar-refractivity contribution is -0.339. The zero-order valence-corrected chi connectivity index (χ0v) is 43.8. The molecule has 2 aliphatic heterocycles. The molecule has 76 heavy (non-hydrogen) atoms. The summed E-state index contributed by atoms with van der Waals surface area (Å²) >= 11 is 0. The van der Waals surface area contributed by atoms with Crippen LogP contribution in [0.5, 0.6) is 0 Å². The number of azide groups is 1. The van der Waals surface area contributed by atoms with Crippen LogP contribution in [0.3, 0.4) is 0 Å². The molecule has 3 aromatic rings. The number of hydrogen-bond acceptors (Lipinski definition) is 16. The highest BCUT2D eigenvalue weighted by molar-refractivity contribution is 5.75. The molecule has 0 bridgehead atoms. The van der Waals surface area contributed by atoms with Gasteiger partial charge in [-0.05, 0) is 61.2 Å². The maximum Gasteiger partial charge on any atom is 0.407 e. The van der Waals surface area contributed by atoms with Crippen LogP contribution in [-0.2, 0) is 81.5 Å². The van der Waals surface area contributed by atoms with Gasteiger partial charge in [0.15, 0.2) is 18.7 Å². The number of rotatable bonds is 25. The number of aliphatic hydroxyl groups is 1. The van der Waals surface area contributed by atoms with Gasteiger partial charge in [0.05, 0.1) is 63.3 Å². The number of hydrogen-bond donors (Lipinski definition) is 2. The number of benzene rings is 3. The molecule has 6 unspecified atom stereocenters. The molecule has 4 aliphatic rings. The Morgan fingerprint density at radius 3 is 2.11 bits per heavy atom. The van der Waals surface area contributed by atoms with E-state index in [1.54, 1.807) is 0 Å². The first-order valence-corrected chi connectivity index (χ1v) is 26.5. The highest BCUT2D eigenvalue weighted by Crippen LogP contribution is 2.40. The van der Waals surface area contributed by atoms with Crippen LogP contribution in [0, 0.1) is 17.8 Å². The molecule has 15 atom stereocenters. The van der Waals surface area contributed by atoms with E-state index < -0.39 is 104 Å². The number of aliphatic hydroxyl groups excluding tert-OH is 1. The van der Waals surface area contributed by atoms with Gasteiger partial charge in [-0.2, -0.15) is 0 Å². The smallest absolute Gasteiger partial charge is 0.407 e. The Morgan fingerprint density at radius 2 is 1.49 bits per heavy atom. The third-order valence-electron chi connectivity index (χ3n) is 14.7. The fraction of sp³-hybridized carbons (Fsp3) is 0.596. The summed E-state index contributed by atoms with van der Waals surface area (Å²) in [6.07, 6.45) is -7.23. The van der Waals surface area contributed by atoms with Gasteiger partial charge in [-0.3, -0.25) is 4.79 Å². The van der Waals surface area contributed by atoms with E-state index in [1.165, 1.54) is 13.2 Å². The maximum atomic E-state index is 14.3. The fourth-order valence-corrected chi connectivity index (χ4v) is 10.5. The number of carbonyl (C=O) groups is 3. The summed E-state index contributed by atoms with van der Waals surface area (Å²) < 4.78 is 77.7. The van der Waals surface area contributed by atoms with Crippen LogP contribution < -0.4 is 5.32 Å². The predicted octanol–water partition coefficient (Wildman–Crippen LogP) is 8.44. The Balaban J connectivity index is 1.26. The van der Waals surface area contributed by atoms with Gasteiger partial charge in [-0.15, -0.1) is 0 Å². The standard InChI is InChI=1S/C57H76N4O15/c1-6-28-68-57(65)59-47-51(73-45(29-38-20-12-8-13-21-38)54(64)71-34-41-26-18-11-19-27-41)48(62)46(35-67-7-2)75-55(47)74-44-31-42(53(63)66-5)30-43(60-61-58)50(44)76-56-52(70-33-40-24-16-10-17-25-40)49(36(3)37(4)72-56)69-32-39-22-14-9-15-23-39/h6,9-11,14-19,22-27,36-38,42-52,55-56,62H,1,7-8,12-13,20-21,28-35H2,2-5H3,(H,59,65)/t36-,37?,42?,43?,44-,45+,46+,47?,48+,49+,50-,51?,52?,55-,56+/m1/s1/i2T. The molecule has 2 aliphatic carbocycles. The minimum atomic E-state index is -1.58. The highest BCUT2D eigenvalue weighted by Gasteiger charge is 2.54. The molecule has 2 saturated carbocycles. The molecule has 7 rings (SSSR count). The van der Waals surface area contributed by atoms with Crippen molar-refractivity contribution in [2.24, 2.45) is 22.9 Å². The number of carbonyl (C=O) groups excluding carboxylic acids is 3. The molecule has 0 aromatic heterocycles. The SMILES string of the molecule is [3H]CCOC[C@@H]1O[C@@H](O[C@@H]2CC(C(=O)OC)CC(N=[N+]=[N-])[C@H]2O[C@@H]2OC(C)[C@@H](C)[C@H](OCc3ccccc3)C2OCc2ccccc2)C(NC(=O)OCC=C)C(O[C@@H](CC2CCCCC2)C(=O)OCc2ccccc2)[C@H]1O. The van der Waals surface area contributed by atoms with E-state index in [4.69, 9.17) is 53.5 Å². The molecular formula is C57H76N4O15. The van der Waals surface area contributed by atoms with Crippen molar-refractivity contribution in [1.82, 2.24) is 5.32 Å². The quantitative estimate of drug-likeness (QED) is 0.0154. The number of ether oxygens (including phenoxy) is 11. The maximum absolute atomic E-state index is 14.3. The second-order valence-electron chi connectivity index (χ2n) is 19.9. The normalized spacial score (nSPS) is 30.4. The molecule has 19 heteroatoms. The van der Waals surface area contributed by atoms with Gasteiger partial charge in [0.25, 0.3) is 0 Å². The van der Waals surface area contributed by atoms with Crippen molar-refractivity contribution in [3.05, 3.63) is 131 Å². The largest absolute Gasteiger partial charge is 0.469 e. The van der Waals surface area contributed by atoms with Crippen LogP contribution in [0.2, 0.25) is 0 Å². The van der Waals surface area contributed by atoms with E-state index in [9.17, 15) is 25.0 Å². The summed E-state index contributed by atoms with van der Waals surface area (Å²) in [4.78, 5) is 44.9. The lowest BCUT2D eigenvalue weighted by Gasteiger charge is -2.49. The monoisotopic (exact) mass is 1060 g/mol. The first-order valence-electron chi connectivity index (χ1n) is 27.2. The van der Waals surface area contributed by atoms with E-state index in [1.807, 2.05) is 105 Å². The Hall–Kier alpha value is -5.44. The van der Waals surface area contributed by atoms with Crippen molar-refractivity contribution in [2.45, 2.75) is 172 Å². The van der Waals surface area contributed by atoms with Crippen molar-refractivity contribution in [2.75, 3.05) is 26.9 Å². The molecule has 0 spiro atoms. The van der Waals surface area contributed by atoms with Crippen molar-refractivity contribution in [3.63, 3.8) is 0 Å². The third-order valence-corrected chi connectivity index (χ3v) is 14.7. The van der Waals surface area contributed by atoms with E-state index in [0.29, 0.717) is 0 Å². The molecule has 1 amide bonds. The predicted molar refractivity (Wildman–Crippen MR) is 277 cm³/mol. The van der Waals surface area contributed by atoms with Gasteiger partial charge in [-0.1, -0.05) is 148 Å².